The van der Waals surface area contributed by atoms with Crippen LogP contribution in [0.25, 0.3) is 0 Å². The molecule has 0 bridgehead atoms. The zero-order valence-electron chi connectivity index (χ0n) is 13.8. The van der Waals surface area contributed by atoms with Gasteiger partial charge in [-0.1, -0.05) is 12.1 Å². The van der Waals surface area contributed by atoms with Gasteiger partial charge in [0, 0.05) is 13.7 Å². The van der Waals surface area contributed by atoms with Crippen molar-refractivity contribution in [3.8, 4) is 5.75 Å². The normalized spacial score (nSPS) is 18.2. The summed E-state index contributed by atoms with van der Waals surface area (Å²) in [5.74, 6) is 0.687. The van der Waals surface area contributed by atoms with Crippen LogP contribution in [0.5, 0.6) is 5.75 Å². The molecule has 6 nitrogen and oxygen atoms in total. The molecule has 1 atom stereocenters. The van der Waals surface area contributed by atoms with Crippen LogP contribution in [0.3, 0.4) is 0 Å². The summed E-state index contributed by atoms with van der Waals surface area (Å²) in [5, 5.41) is 16.4. The number of piperidine rings is 1. The number of hydrogen-bond donors (Lipinski definition) is 3. The molecule has 1 aromatic rings. The molecule has 0 aromatic heterocycles. The summed E-state index contributed by atoms with van der Waals surface area (Å²) in [6.07, 6.45) is 0.738. The monoisotopic (exact) mass is 322 g/mol. The van der Waals surface area contributed by atoms with Gasteiger partial charge in [-0.3, -0.25) is 4.79 Å². The molecule has 128 valence electrons. The van der Waals surface area contributed by atoms with Gasteiger partial charge in [-0.2, -0.15) is 0 Å². The molecule has 2 rings (SSSR count). The molecule has 6 heteroatoms. The molecular weight excluding hydrogens is 296 g/mol. The van der Waals surface area contributed by atoms with E-state index in [9.17, 15) is 9.90 Å². The molecule has 1 aliphatic heterocycles. The Labute approximate surface area is 137 Å². The van der Waals surface area contributed by atoms with Gasteiger partial charge in [0.2, 0.25) is 5.91 Å². The van der Waals surface area contributed by atoms with E-state index >= 15 is 0 Å². The second-order valence-corrected chi connectivity index (χ2v) is 5.96. The molecule has 1 heterocycles. The number of nitrogens with one attached hydrogen (secondary N) is 2. The minimum Gasteiger partial charge on any atom is -0.497 e. The molecule has 0 saturated carbocycles. The Hall–Kier alpha value is -1.63. The van der Waals surface area contributed by atoms with Crippen molar-refractivity contribution in [3.63, 3.8) is 0 Å². The maximum absolute atomic E-state index is 12.6. The fourth-order valence-corrected chi connectivity index (χ4v) is 2.94. The Morgan fingerprint density at radius 1 is 1.30 bits per heavy atom. The first-order valence-corrected chi connectivity index (χ1v) is 7.91. The molecule has 23 heavy (non-hydrogen) atoms. The fraction of sp³-hybridized carbons (Fsp3) is 0.588. The maximum Gasteiger partial charge on any atom is 0.228 e. The molecule has 1 aromatic carbocycles. The van der Waals surface area contributed by atoms with E-state index in [-0.39, 0.29) is 12.5 Å². The van der Waals surface area contributed by atoms with Crippen LogP contribution >= 0.6 is 0 Å². The average Bonchev–Trinajstić information content (AvgIpc) is 2.60. The zero-order chi connectivity index (χ0) is 16.7. The number of hydrogen-bond acceptors (Lipinski definition) is 5. The number of amides is 1. The van der Waals surface area contributed by atoms with Gasteiger partial charge < -0.3 is 25.2 Å². The Kier molecular flexibility index (Phi) is 6.38. The minimum absolute atomic E-state index is 0.0478. The third kappa shape index (κ3) is 4.43. The first kappa shape index (κ1) is 17.7. The number of ether oxygens (including phenoxy) is 2. The maximum atomic E-state index is 12.6. The van der Waals surface area contributed by atoms with Crippen LogP contribution in [0, 0.1) is 5.41 Å². The van der Waals surface area contributed by atoms with Crippen LogP contribution in [0.4, 0.5) is 0 Å². The first-order valence-electron chi connectivity index (χ1n) is 7.91. The Balaban J connectivity index is 1.93. The van der Waals surface area contributed by atoms with Gasteiger partial charge in [-0.25, -0.2) is 0 Å². The molecule has 1 unspecified atom stereocenters. The van der Waals surface area contributed by atoms with Gasteiger partial charge in [0.25, 0.3) is 0 Å². The van der Waals surface area contributed by atoms with Crippen molar-refractivity contribution in [1.82, 2.24) is 10.6 Å². The predicted molar refractivity (Wildman–Crippen MR) is 87.4 cm³/mol. The Morgan fingerprint density at radius 3 is 2.52 bits per heavy atom. The third-order valence-electron chi connectivity index (χ3n) is 4.42. The third-order valence-corrected chi connectivity index (χ3v) is 4.42. The molecule has 1 fully saturated rings. The quantitative estimate of drug-likeness (QED) is 0.694. The summed E-state index contributed by atoms with van der Waals surface area (Å²) in [6.45, 7) is 2.19. The number of carbonyl (C=O) groups is 1. The van der Waals surface area contributed by atoms with Crippen molar-refractivity contribution >= 4 is 5.91 Å². The smallest absolute Gasteiger partial charge is 0.228 e. The summed E-state index contributed by atoms with van der Waals surface area (Å²) in [6, 6.07) is 7.18. The largest absolute Gasteiger partial charge is 0.497 e. The Bertz CT molecular complexity index is 492. The van der Waals surface area contributed by atoms with Crippen LogP contribution < -0.4 is 15.4 Å². The lowest BCUT2D eigenvalue weighted by molar-refractivity contribution is -0.136. The molecule has 1 amide bonds. The van der Waals surface area contributed by atoms with Crippen LogP contribution in [0.1, 0.15) is 24.5 Å². The topological polar surface area (TPSA) is 79.8 Å². The lowest BCUT2D eigenvalue weighted by Gasteiger charge is -2.35. The van der Waals surface area contributed by atoms with Gasteiger partial charge in [-0.05, 0) is 43.6 Å². The lowest BCUT2D eigenvalue weighted by atomic mass is 9.78. The van der Waals surface area contributed by atoms with Crippen molar-refractivity contribution in [2.75, 3.05) is 40.5 Å². The van der Waals surface area contributed by atoms with Crippen molar-refractivity contribution < 1.29 is 19.4 Å². The summed E-state index contributed by atoms with van der Waals surface area (Å²) >= 11 is 0. The van der Waals surface area contributed by atoms with Gasteiger partial charge in [0.15, 0.2) is 0 Å². The van der Waals surface area contributed by atoms with E-state index in [1.165, 1.54) is 0 Å². The average molecular weight is 322 g/mol. The highest BCUT2D eigenvalue weighted by Gasteiger charge is 2.39. The van der Waals surface area contributed by atoms with E-state index in [4.69, 9.17) is 9.47 Å². The first-order chi connectivity index (χ1) is 11.1. The molecule has 0 aliphatic carbocycles. The summed E-state index contributed by atoms with van der Waals surface area (Å²) in [7, 11) is 3.21. The SMILES string of the molecule is COCC1(C(=O)NCC(O)c2ccc(OC)cc2)CCNCC1. The van der Waals surface area contributed by atoms with Gasteiger partial charge in [0.05, 0.1) is 25.2 Å². The summed E-state index contributed by atoms with van der Waals surface area (Å²) in [5.41, 5.74) is 0.247. The summed E-state index contributed by atoms with van der Waals surface area (Å²) in [4.78, 5) is 12.6. The van der Waals surface area contributed by atoms with Crippen LogP contribution in [-0.2, 0) is 9.53 Å². The number of methoxy groups -OCH3 is 2. The Morgan fingerprint density at radius 2 is 1.96 bits per heavy atom. The van der Waals surface area contributed by atoms with Crippen molar-refractivity contribution in [1.29, 1.82) is 0 Å². The highest BCUT2D eigenvalue weighted by atomic mass is 16.5. The number of aliphatic hydroxyl groups excluding tert-OH is 1. The number of carbonyl (C=O) groups excluding carboxylic acids is 1. The highest BCUT2D eigenvalue weighted by Crippen LogP contribution is 2.29. The van der Waals surface area contributed by atoms with Gasteiger partial charge >= 0.3 is 0 Å². The summed E-state index contributed by atoms with van der Waals surface area (Å²) < 4.78 is 10.4. The van der Waals surface area contributed by atoms with E-state index in [0.717, 1.165) is 37.2 Å². The molecule has 0 spiro atoms. The minimum atomic E-state index is -0.744. The fourth-order valence-electron chi connectivity index (χ4n) is 2.94. The molecule has 1 saturated heterocycles. The second kappa shape index (κ2) is 8.29. The zero-order valence-corrected chi connectivity index (χ0v) is 13.8. The van der Waals surface area contributed by atoms with Crippen molar-refractivity contribution in [2.45, 2.75) is 18.9 Å². The molecule has 3 N–H and O–H groups in total. The van der Waals surface area contributed by atoms with Gasteiger partial charge in [0.1, 0.15) is 5.75 Å². The number of aliphatic hydroxyl groups is 1. The van der Waals surface area contributed by atoms with Crippen molar-refractivity contribution in [2.24, 2.45) is 5.41 Å². The van der Waals surface area contributed by atoms with Gasteiger partial charge in [-0.15, -0.1) is 0 Å². The van der Waals surface area contributed by atoms with E-state index in [2.05, 4.69) is 10.6 Å². The van der Waals surface area contributed by atoms with E-state index in [1.807, 2.05) is 0 Å². The standard InChI is InChI=1S/C17H26N2O4/c1-22-12-17(7-9-18-10-8-17)16(21)19-11-15(20)13-3-5-14(23-2)6-4-13/h3-6,15,18,20H,7-12H2,1-2H3,(H,19,21). The van der Waals surface area contributed by atoms with Crippen LogP contribution in [0.15, 0.2) is 24.3 Å². The number of rotatable bonds is 7. The lowest BCUT2D eigenvalue weighted by Crippen LogP contribution is -2.50. The van der Waals surface area contributed by atoms with Crippen LogP contribution in [-0.4, -0.2) is 51.5 Å². The van der Waals surface area contributed by atoms with E-state index < -0.39 is 11.5 Å². The predicted octanol–water partition coefficient (Wildman–Crippen LogP) is 0.861. The van der Waals surface area contributed by atoms with E-state index in [0.29, 0.717) is 6.61 Å². The molecular formula is C17H26N2O4. The van der Waals surface area contributed by atoms with Crippen LogP contribution in [0.2, 0.25) is 0 Å². The second-order valence-electron chi connectivity index (χ2n) is 5.96. The highest BCUT2D eigenvalue weighted by molar-refractivity contribution is 5.83. The van der Waals surface area contributed by atoms with Crippen molar-refractivity contribution in [3.05, 3.63) is 29.8 Å². The molecule has 0 radical (unpaired) electrons. The van der Waals surface area contributed by atoms with E-state index in [1.54, 1.807) is 38.5 Å². The molecule has 1 aliphatic rings. The number of benzene rings is 1.